The second-order valence-electron chi connectivity index (χ2n) is 8.76. The molecule has 0 bridgehead atoms. The SMILES string of the molecule is COc1ccc(C(=O)N=c2c(C#N)cc3c(=O)n4cccc(C)c4nc3n2C[C@@H]2CCCO2)cc1OC. The van der Waals surface area contributed by atoms with Gasteiger partial charge in [-0.15, -0.1) is 0 Å². The Kier molecular flexibility index (Phi) is 6.46. The Morgan fingerprint density at radius 1 is 1.22 bits per heavy atom. The van der Waals surface area contributed by atoms with Gasteiger partial charge in [-0.2, -0.15) is 10.3 Å². The number of aromatic nitrogens is 3. The third-order valence-electron chi connectivity index (χ3n) is 6.47. The van der Waals surface area contributed by atoms with Crippen LogP contribution in [0.2, 0.25) is 0 Å². The maximum absolute atomic E-state index is 13.4. The first-order valence-corrected chi connectivity index (χ1v) is 11.8. The molecule has 0 saturated carbocycles. The molecule has 4 aromatic rings. The number of nitriles is 1. The lowest BCUT2D eigenvalue weighted by molar-refractivity contribution is 0.0952. The number of methoxy groups -OCH3 is 2. The molecule has 10 heteroatoms. The Labute approximate surface area is 212 Å². The predicted molar refractivity (Wildman–Crippen MR) is 135 cm³/mol. The van der Waals surface area contributed by atoms with Gasteiger partial charge in [0.1, 0.15) is 17.4 Å². The van der Waals surface area contributed by atoms with Crippen molar-refractivity contribution in [1.82, 2.24) is 14.0 Å². The average molecular weight is 500 g/mol. The number of ether oxygens (including phenoxy) is 3. The highest BCUT2D eigenvalue weighted by atomic mass is 16.5. The number of amides is 1. The zero-order valence-corrected chi connectivity index (χ0v) is 20.7. The molecule has 188 valence electrons. The van der Waals surface area contributed by atoms with Gasteiger partial charge in [-0.3, -0.25) is 14.0 Å². The fourth-order valence-electron chi connectivity index (χ4n) is 4.58. The van der Waals surface area contributed by atoms with Gasteiger partial charge in [-0.1, -0.05) is 6.07 Å². The number of hydrogen-bond donors (Lipinski definition) is 0. The van der Waals surface area contributed by atoms with E-state index in [1.54, 1.807) is 29.0 Å². The highest BCUT2D eigenvalue weighted by Crippen LogP contribution is 2.27. The minimum Gasteiger partial charge on any atom is -0.493 e. The van der Waals surface area contributed by atoms with E-state index in [-0.39, 0.29) is 33.7 Å². The maximum Gasteiger partial charge on any atom is 0.279 e. The highest BCUT2D eigenvalue weighted by Gasteiger charge is 2.22. The van der Waals surface area contributed by atoms with Crippen molar-refractivity contribution in [1.29, 1.82) is 5.26 Å². The molecule has 1 aliphatic heterocycles. The molecule has 10 nitrogen and oxygen atoms in total. The van der Waals surface area contributed by atoms with Gasteiger partial charge >= 0.3 is 0 Å². The Morgan fingerprint density at radius 2 is 2.03 bits per heavy atom. The molecule has 1 aliphatic rings. The van der Waals surface area contributed by atoms with Crippen LogP contribution in [-0.2, 0) is 11.3 Å². The first-order chi connectivity index (χ1) is 17.9. The van der Waals surface area contributed by atoms with Crippen molar-refractivity contribution >= 4 is 22.6 Å². The molecular formula is C27H25N5O5. The summed E-state index contributed by atoms with van der Waals surface area (Å²) in [5.41, 5.74) is 1.80. The van der Waals surface area contributed by atoms with Gasteiger partial charge in [0.15, 0.2) is 17.0 Å². The number of pyridine rings is 2. The lowest BCUT2D eigenvalue weighted by Gasteiger charge is -2.17. The van der Waals surface area contributed by atoms with Crippen molar-refractivity contribution in [3.8, 4) is 17.6 Å². The van der Waals surface area contributed by atoms with Gasteiger partial charge in [-0.05, 0) is 55.7 Å². The Balaban J connectivity index is 1.80. The van der Waals surface area contributed by atoms with Crippen LogP contribution in [0, 0.1) is 18.3 Å². The van der Waals surface area contributed by atoms with Gasteiger partial charge in [0.25, 0.3) is 11.5 Å². The van der Waals surface area contributed by atoms with Gasteiger partial charge in [-0.25, -0.2) is 4.98 Å². The summed E-state index contributed by atoms with van der Waals surface area (Å²) in [5.74, 6) is 0.279. The molecule has 0 radical (unpaired) electrons. The standard InChI is InChI=1S/C27H25N5O5/c1-16-6-4-10-31-23(16)29-25-20(27(31)34)12-18(14-28)24(32(25)15-19-7-5-11-37-19)30-26(33)17-8-9-21(35-2)22(13-17)36-3/h4,6,8-10,12-13,19H,5,7,11,15H2,1-3H3/t19-/m0/s1. The molecule has 1 fully saturated rings. The molecule has 1 amide bonds. The van der Waals surface area contributed by atoms with Crippen LogP contribution in [-0.4, -0.2) is 46.8 Å². The monoisotopic (exact) mass is 499 g/mol. The van der Waals surface area contributed by atoms with Crippen LogP contribution in [0.5, 0.6) is 11.5 Å². The minimum absolute atomic E-state index is 0.0887. The van der Waals surface area contributed by atoms with E-state index in [0.29, 0.717) is 35.9 Å². The number of rotatable bonds is 5. The van der Waals surface area contributed by atoms with Gasteiger partial charge in [0.2, 0.25) is 0 Å². The van der Waals surface area contributed by atoms with Crippen LogP contribution in [0.15, 0.2) is 52.4 Å². The number of carbonyl (C=O) groups is 1. The summed E-state index contributed by atoms with van der Waals surface area (Å²) in [6.45, 7) is 2.78. The number of nitrogens with zero attached hydrogens (tertiary/aromatic N) is 5. The Morgan fingerprint density at radius 3 is 2.73 bits per heavy atom. The molecule has 5 rings (SSSR count). The summed E-state index contributed by atoms with van der Waals surface area (Å²) in [5, 5.41) is 10.3. The zero-order chi connectivity index (χ0) is 26.1. The van der Waals surface area contributed by atoms with Gasteiger partial charge < -0.3 is 18.8 Å². The zero-order valence-electron chi connectivity index (χ0n) is 20.7. The third kappa shape index (κ3) is 4.34. The van der Waals surface area contributed by atoms with Crippen LogP contribution in [0.3, 0.4) is 0 Å². The van der Waals surface area contributed by atoms with Crippen molar-refractivity contribution in [2.24, 2.45) is 4.99 Å². The summed E-state index contributed by atoms with van der Waals surface area (Å²) in [7, 11) is 2.99. The topological polar surface area (TPSA) is 120 Å². The molecule has 0 aliphatic carbocycles. The second-order valence-corrected chi connectivity index (χ2v) is 8.76. The molecule has 1 saturated heterocycles. The number of benzene rings is 1. The van der Waals surface area contributed by atoms with Crippen molar-refractivity contribution in [3.05, 3.63) is 75.1 Å². The van der Waals surface area contributed by atoms with Gasteiger partial charge in [0.05, 0.1) is 37.8 Å². The largest absolute Gasteiger partial charge is 0.493 e. The van der Waals surface area contributed by atoms with Crippen LogP contribution in [0.1, 0.15) is 34.3 Å². The molecule has 0 spiro atoms. The molecule has 4 heterocycles. The quantitative estimate of drug-likeness (QED) is 0.387. The molecule has 3 aromatic heterocycles. The first kappa shape index (κ1) is 24.2. The van der Waals surface area contributed by atoms with E-state index >= 15 is 0 Å². The molecular weight excluding hydrogens is 474 g/mol. The highest BCUT2D eigenvalue weighted by molar-refractivity contribution is 5.95. The van der Waals surface area contributed by atoms with Crippen LogP contribution < -0.4 is 20.5 Å². The predicted octanol–water partition coefficient (Wildman–Crippen LogP) is 2.77. The Hall–Kier alpha value is -4.49. The number of fused-ring (bicyclic) bond motifs is 2. The van der Waals surface area contributed by atoms with Gasteiger partial charge in [0, 0.05) is 18.4 Å². The van der Waals surface area contributed by atoms with E-state index in [1.807, 2.05) is 13.0 Å². The lowest BCUT2D eigenvalue weighted by Crippen LogP contribution is -2.33. The van der Waals surface area contributed by atoms with E-state index in [9.17, 15) is 14.9 Å². The van der Waals surface area contributed by atoms with Crippen molar-refractivity contribution in [2.75, 3.05) is 20.8 Å². The number of aryl methyl sites for hydroxylation is 1. The smallest absolute Gasteiger partial charge is 0.279 e. The molecule has 1 atom stereocenters. The van der Waals surface area contributed by atoms with E-state index < -0.39 is 5.91 Å². The number of carbonyl (C=O) groups excluding carboxylic acids is 1. The third-order valence-corrected chi connectivity index (χ3v) is 6.47. The summed E-state index contributed by atoms with van der Waals surface area (Å²) in [6.07, 6.45) is 3.19. The summed E-state index contributed by atoms with van der Waals surface area (Å²) in [4.78, 5) is 35.9. The van der Waals surface area contributed by atoms with Crippen molar-refractivity contribution < 1.29 is 19.0 Å². The maximum atomic E-state index is 13.4. The minimum atomic E-state index is -0.577. The fraction of sp³-hybridized carbons (Fsp3) is 0.296. The molecule has 1 aromatic carbocycles. The molecule has 0 unspecified atom stereocenters. The number of hydrogen-bond acceptors (Lipinski definition) is 7. The Bertz CT molecular complexity index is 1710. The second kappa shape index (κ2) is 9.87. The summed E-state index contributed by atoms with van der Waals surface area (Å²) >= 11 is 0. The van der Waals surface area contributed by atoms with Crippen LogP contribution in [0.4, 0.5) is 0 Å². The van der Waals surface area contributed by atoms with E-state index in [0.717, 1.165) is 18.4 Å². The van der Waals surface area contributed by atoms with Crippen LogP contribution >= 0.6 is 0 Å². The summed E-state index contributed by atoms with van der Waals surface area (Å²) in [6, 6.07) is 11.9. The van der Waals surface area contributed by atoms with E-state index in [2.05, 4.69) is 11.1 Å². The molecule has 0 N–H and O–H groups in total. The lowest BCUT2D eigenvalue weighted by atomic mass is 10.1. The first-order valence-electron chi connectivity index (χ1n) is 11.8. The average Bonchev–Trinajstić information content (AvgIpc) is 3.43. The van der Waals surface area contributed by atoms with Crippen molar-refractivity contribution in [3.63, 3.8) is 0 Å². The normalized spacial score (nSPS) is 15.7. The fourth-order valence-corrected chi connectivity index (χ4v) is 4.58. The summed E-state index contributed by atoms with van der Waals surface area (Å²) < 4.78 is 19.5. The molecule has 37 heavy (non-hydrogen) atoms. The van der Waals surface area contributed by atoms with E-state index in [4.69, 9.17) is 19.2 Å². The van der Waals surface area contributed by atoms with Crippen molar-refractivity contribution in [2.45, 2.75) is 32.4 Å². The van der Waals surface area contributed by atoms with Crippen LogP contribution in [0.25, 0.3) is 16.7 Å². The van der Waals surface area contributed by atoms with E-state index in [1.165, 1.54) is 30.8 Å².